The molecule has 7 heteroatoms. The normalized spacial score (nSPS) is 19.7. The summed E-state index contributed by atoms with van der Waals surface area (Å²) < 4.78 is 5.30. The van der Waals surface area contributed by atoms with E-state index in [1.54, 1.807) is 12.1 Å². The second-order valence-electron chi connectivity index (χ2n) is 6.25. The summed E-state index contributed by atoms with van der Waals surface area (Å²) in [7, 11) is 0. The Hall–Kier alpha value is -2.25. The third-order valence-corrected chi connectivity index (χ3v) is 5.67. The van der Waals surface area contributed by atoms with Gasteiger partial charge in [0.2, 0.25) is 0 Å². The smallest absolute Gasteiger partial charge is 0.339 e. The van der Waals surface area contributed by atoms with E-state index in [9.17, 15) is 9.59 Å². The first-order valence-corrected chi connectivity index (χ1v) is 9.26. The van der Waals surface area contributed by atoms with E-state index >= 15 is 0 Å². The minimum atomic E-state index is -0.810. The Morgan fingerprint density at radius 1 is 1.44 bits per heavy atom. The lowest BCUT2D eigenvalue weighted by atomic mass is 9.98. The van der Waals surface area contributed by atoms with Crippen LogP contribution >= 0.6 is 11.3 Å². The summed E-state index contributed by atoms with van der Waals surface area (Å²) in [5.41, 5.74) is 2.45. The predicted octanol–water partition coefficient (Wildman–Crippen LogP) is 2.24. The number of hydrogen-bond donors (Lipinski definition) is 1. The van der Waals surface area contributed by atoms with Crippen molar-refractivity contribution >= 4 is 28.3 Å². The van der Waals surface area contributed by atoms with Crippen LogP contribution in [0.4, 0.5) is 5.13 Å². The van der Waals surface area contributed by atoms with Crippen LogP contribution in [0.25, 0.3) is 0 Å². The van der Waals surface area contributed by atoms with Gasteiger partial charge in [-0.2, -0.15) is 0 Å². The fourth-order valence-corrected chi connectivity index (χ4v) is 4.29. The molecule has 1 amide bonds. The monoisotopic (exact) mass is 357 g/mol. The number of rotatable bonds is 3. The molecule has 2 aromatic rings. The number of likely N-dealkylation sites (N-methyl/N-ethyl adjacent to an activating group) is 1. The van der Waals surface area contributed by atoms with E-state index in [0.717, 1.165) is 37.3 Å². The van der Waals surface area contributed by atoms with Gasteiger partial charge in [-0.05, 0) is 18.2 Å². The summed E-state index contributed by atoms with van der Waals surface area (Å²) in [6.45, 7) is 5.03. The number of nitrogens with one attached hydrogen (secondary N) is 1. The maximum absolute atomic E-state index is 12.5. The van der Waals surface area contributed by atoms with Crippen molar-refractivity contribution < 1.29 is 14.3 Å². The standard InChI is InChI=1S/C18H19N3O3S/c1-2-21-8-7-13-15(10-21)25-18(19-13)20-16(22)14-9-11-5-3-4-6-12(11)17(23)24-14/h3-6,14H,2,7-10H2,1H3,(H,19,20,22)/t14-/m1/s1. The lowest BCUT2D eigenvalue weighted by molar-refractivity contribution is -0.125. The second-order valence-corrected chi connectivity index (χ2v) is 7.34. The van der Waals surface area contributed by atoms with Crippen molar-refractivity contribution in [3.63, 3.8) is 0 Å². The van der Waals surface area contributed by atoms with Gasteiger partial charge in [-0.25, -0.2) is 9.78 Å². The molecule has 1 aromatic heterocycles. The molecule has 2 aliphatic heterocycles. The van der Waals surface area contributed by atoms with Crippen LogP contribution in [0.15, 0.2) is 24.3 Å². The van der Waals surface area contributed by atoms with Gasteiger partial charge >= 0.3 is 5.97 Å². The van der Waals surface area contributed by atoms with E-state index in [1.807, 2.05) is 12.1 Å². The lowest BCUT2D eigenvalue weighted by Crippen LogP contribution is -2.37. The maximum Gasteiger partial charge on any atom is 0.339 e. The van der Waals surface area contributed by atoms with Gasteiger partial charge < -0.3 is 4.74 Å². The highest BCUT2D eigenvalue weighted by Crippen LogP contribution is 2.29. The fourth-order valence-electron chi connectivity index (χ4n) is 3.24. The highest BCUT2D eigenvalue weighted by Gasteiger charge is 2.32. The first-order valence-electron chi connectivity index (χ1n) is 8.44. The minimum Gasteiger partial charge on any atom is -0.448 e. The Morgan fingerprint density at radius 3 is 3.12 bits per heavy atom. The van der Waals surface area contributed by atoms with E-state index in [4.69, 9.17) is 4.74 Å². The van der Waals surface area contributed by atoms with Crippen LogP contribution in [-0.4, -0.2) is 41.0 Å². The number of thiazole rings is 1. The Kier molecular flexibility index (Phi) is 4.27. The van der Waals surface area contributed by atoms with Gasteiger partial charge in [0.1, 0.15) is 0 Å². The molecule has 0 saturated carbocycles. The molecule has 0 fully saturated rings. The Morgan fingerprint density at radius 2 is 2.28 bits per heavy atom. The van der Waals surface area contributed by atoms with Crippen molar-refractivity contribution in [3.8, 4) is 0 Å². The quantitative estimate of drug-likeness (QED) is 0.853. The molecule has 0 spiro atoms. The number of hydrogen-bond acceptors (Lipinski definition) is 6. The third-order valence-electron chi connectivity index (χ3n) is 4.67. The molecule has 2 aliphatic rings. The van der Waals surface area contributed by atoms with Gasteiger partial charge in [-0.15, -0.1) is 11.3 Å². The zero-order valence-electron chi connectivity index (χ0n) is 13.9. The molecular weight excluding hydrogens is 338 g/mol. The molecule has 25 heavy (non-hydrogen) atoms. The molecule has 1 atom stereocenters. The van der Waals surface area contributed by atoms with Gasteiger partial charge in [0.15, 0.2) is 11.2 Å². The van der Waals surface area contributed by atoms with E-state index in [0.29, 0.717) is 17.1 Å². The maximum atomic E-state index is 12.5. The van der Waals surface area contributed by atoms with Crippen molar-refractivity contribution in [1.82, 2.24) is 9.88 Å². The topological polar surface area (TPSA) is 71.5 Å². The zero-order valence-corrected chi connectivity index (χ0v) is 14.8. The van der Waals surface area contributed by atoms with Crippen LogP contribution in [0, 0.1) is 0 Å². The molecule has 0 aliphatic carbocycles. The molecule has 130 valence electrons. The van der Waals surface area contributed by atoms with E-state index in [-0.39, 0.29) is 5.91 Å². The Balaban J connectivity index is 1.47. The number of aromatic nitrogens is 1. The van der Waals surface area contributed by atoms with Gasteiger partial charge in [-0.3, -0.25) is 15.0 Å². The number of nitrogens with zero attached hydrogens (tertiary/aromatic N) is 2. The number of carbonyl (C=O) groups is 2. The van der Waals surface area contributed by atoms with Gasteiger partial charge in [0.25, 0.3) is 5.91 Å². The zero-order chi connectivity index (χ0) is 17.4. The Labute approximate surface area is 149 Å². The largest absolute Gasteiger partial charge is 0.448 e. The molecule has 4 rings (SSSR count). The van der Waals surface area contributed by atoms with Crippen LogP contribution < -0.4 is 5.32 Å². The number of carbonyl (C=O) groups excluding carboxylic acids is 2. The number of fused-ring (bicyclic) bond motifs is 2. The molecule has 0 saturated heterocycles. The first kappa shape index (κ1) is 16.2. The number of anilines is 1. The van der Waals surface area contributed by atoms with E-state index in [1.165, 1.54) is 16.2 Å². The van der Waals surface area contributed by atoms with Crippen molar-refractivity contribution in [3.05, 3.63) is 46.0 Å². The van der Waals surface area contributed by atoms with Crippen molar-refractivity contribution in [2.75, 3.05) is 18.4 Å². The molecule has 0 bridgehead atoms. The third kappa shape index (κ3) is 3.17. The molecule has 6 nitrogen and oxygen atoms in total. The first-order chi connectivity index (χ1) is 12.1. The number of cyclic esters (lactones) is 1. The summed E-state index contributed by atoms with van der Waals surface area (Å²) in [6.07, 6.45) is 0.486. The predicted molar refractivity (Wildman–Crippen MR) is 94.7 cm³/mol. The lowest BCUT2D eigenvalue weighted by Gasteiger charge is -2.23. The summed E-state index contributed by atoms with van der Waals surface area (Å²) in [5, 5.41) is 3.41. The number of amides is 1. The van der Waals surface area contributed by atoms with Gasteiger partial charge in [0, 0.05) is 30.8 Å². The summed E-state index contributed by atoms with van der Waals surface area (Å²) in [5.74, 6) is -0.764. The molecule has 3 heterocycles. The van der Waals surface area contributed by atoms with Crippen molar-refractivity contribution in [1.29, 1.82) is 0 Å². The molecule has 1 aromatic carbocycles. The van der Waals surface area contributed by atoms with Crippen molar-refractivity contribution in [2.24, 2.45) is 0 Å². The van der Waals surface area contributed by atoms with Crippen LogP contribution in [0.5, 0.6) is 0 Å². The van der Waals surface area contributed by atoms with Gasteiger partial charge in [0.05, 0.1) is 11.3 Å². The summed E-state index contributed by atoms with van der Waals surface area (Å²) in [6, 6.07) is 7.23. The van der Waals surface area contributed by atoms with Gasteiger partial charge in [-0.1, -0.05) is 25.1 Å². The van der Waals surface area contributed by atoms with E-state index < -0.39 is 12.1 Å². The van der Waals surface area contributed by atoms with Crippen LogP contribution in [0.2, 0.25) is 0 Å². The van der Waals surface area contributed by atoms with Crippen molar-refractivity contribution in [2.45, 2.75) is 32.4 Å². The SMILES string of the molecule is CCN1CCc2nc(NC(=O)[C@H]3Cc4ccccc4C(=O)O3)sc2C1. The summed E-state index contributed by atoms with van der Waals surface area (Å²) >= 11 is 1.51. The molecule has 0 radical (unpaired) electrons. The fraction of sp³-hybridized carbons (Fsp3) is 0.389. The van der Waals surface area contributed by atoms with Crippen LogP contribution in [-0.2, 0) is 28.9 Å². The van der Waals surface area contributed by atoms with Crippen LogP contribution in [0.1, 0.15) is 33.4 Å². The highest BCUT2D eigenvalue weighted by atomic mass is 32.1. The number of ether oxygens (including phenoxy) is 1. The average molecular weight is 357 g/mol. The Bertz CT molecular complexity index is 833. The van der Waals surface area contributed by atoms with E-state index in [2.05, 4.69) is 22.1 Å². The molecule has 1 N–H and O–H groups in total. The average Bonchev–Trinajstić information content (AvgIpc) is 3.02. The number of esters is 1. The summed E-state index contributed by atoms with van der Waals surface area (Å²) in [4.78, 5) is 32.7. The minimum absolute atomic E-state index is 0.318. The second kappa shape index (κ2) is 6.57. The number of benzene rings is 1. The molecule has 0 unspecified atom stereocenters. The van der Waals surface area contributed by atoms with Crippen LogP contribution in [0.3, 0.4) is 0 Å². The molecular formula is C18H19N3O3S. The highest BCUT2D eigenvalue weighted by molar-refractivity contribution is 7.15.